The van der Waals surface area contributed by atoms with E-state index in [-0.39, 0.29) is 0 Å². The molecule has 0 N–H and O–H groups in total. The molecule has 0 spiro atoms. The smallest absolute Gasteiger partial charge is 0.0813 e. The van der Waals surface area contributed by atoms with Crippen LogP contribution >= 0.6 is 23.2 Å². The number of hydrogen-bond donors (Lipinski definition) is 0. The Bertz CT molecular complexity index is 308. The summed E-state index contributed by atoms with van der Waals surface area (Å²) in [6.07, 6.45) is 2.58. The predicted octanol–water partition coefficient (Wildman–Crippen LogP) is 3.32. The van der Waals surface area contributed by atoms with Crippen LogP contribution in [0.15, 0.2) is 18.2 Å². The van der Waals surface area contributed by atoms with Crippen LogP contribution in [0.2, 0.25) is 10.0 Å². The van der Waals surface area contributed by atoms with E-state index in [4.69, 9.17) is 27.9 Å². The minimum atomic E-state index is 0.481. The van der Waals surface area contributed by atoms with E-state index in [2.05, 4.69) is 0 Å². The third-order valence-electron chi connectivity index (χ3n) is 2.14. The molecule has 1 aromatic carbocycles. The first kappa shape index (κ1) is 9.32. The van der Waals surface area contributed by atoms with Crippen LogP contribution in [0.5, 0.6) is 0 Å². The minimum Gasteiger partial charge on any atom is -0.373 e. The predicted molar refractivity (Wildman–Crippen MR) is 54.5 cm³/mol. The Hall–Kier alpha value is -0.240. The van der Waals surface area contributed by atoms with Gasteiger partial charge in [-0.05, 0) is 30.5 Å². The fourth-order valence-electron chi connectivity index (χ4n) is 1.26. The van der Waals surface area contributed by atoms with E-state index < -0.39 is 0 Å². The summed E-state index contributed by atoms with van der Waals surface area (Å²) in [7, 11) is 0. The maximum atomic E-state index is 5.88. The van der Waals surface area contributed by atoms with E-state index in [0.717, 1.165) is 19.4 Å². The zero-order valence-corrected chi connectivity index (χ0v) is 8.61. The molecule has 0 bridgehead atoms. The highest BCUT2D eigenvalue weighted by molar-refractivity contribution is 6.42. The molecule has 1 atom stereocenters. The van der Waals surface area contributed by atoms with Crippen LogP contribution in [0.3, 0.4) is 0 Å². The lowest BCUT2D eigenvalue weighted by atomic mass is 10.1. The van der Waals surface area contributed by atoms with Gasteiger partial charge in [-0.25, -0.2) is 0 Å². The summed E-state index contributed by atoms with van der Waals surface area (Å²) in [4.78, 5) is 0. The summed E-state index contributed by atoms with van der Waals surface area (Å²) in [6, 6.07) is 5.77. The highest BCUT2D eigenvalue weighted by atomic mass is 35.5. The second-order valence-corrected chi connectivity index (χ2v) is 4.06. The van der Waals surface area contributed by atoms with Crippen LogP contribution in [0.25, 0.3) is 0 Å². The maximum absolute atomic E-state index is 5.88. The monoisotopic (exact) mass is 216 g/mol. The van der Waals surface area contributed by atoms with Gasteiger partial charge < -0.3 is 4.74 Å². The Labute approximate surface area is 87.6 Å². The molecule has 13 heavy (non-hydrogen) atoms. The van der Waals surface area contributed by atoms with E-state index in [0.29, 0.717) is 16.1 Å². The van der Waals surface area contributed by atoms with Crippen LogP contribution in [-0.4, -0.2) is 12.7 Å². The Balaban J connectivity index is 1.98. The number of hydrogen-bond acceptors (Lipinski definition) is 1. The fraction of sp³-hybridized carbons (Fsp3) is 0.400. The Morgan fingerprint density at radius 2 is 2.08 bits per heavy atom. The number of benzene rings is 1. The molecule has 1 unspecified atom stereocenters. The van der Waals surface area contributed by atoms with Crippen molar-refractivity contribution in [2.75, 3.05) is 6.61 Å². The van der Waals surface area contributed by atoms with Crippen LogP contribution < -0.4 is 0 Å². The van der Waals surface area contributed by atoms with Gasteiger partial charge in [-0.3, -0.25) is 0 Å². The zero-order chi connectivity index (χ0) is 9.26. The van der Waals surface area contributed by atoms with Crippen LogP contribution in [0, 0.1) is 0 Å². The average Bonchev–Trinajstić information content (AvgIpc) is 2.91. The van der Waals surface area contributed by atoms with Gasteiger partial charge in [0.25, 0.3) is 0 Å². The first-order valence-electron chi connectivity index (χ1n) is 4.31. The lowest BCUT2D eigenvalue weighted by molar-refractivity contribution is 0.397. The van der Waals surface area contributed by atoms with Gasteiger partial charge in [0.05, 0.1) is 22.8 Å². The summed E-state index contributed by atoms with van der Waals surface area (Å²) < 4.78 is 5.13. The van der Waals surface area contributed by atoms with Gasteiger partial charge in [0.1, 0.15) is 0 Å². The minimum absolute atomic E-state index is 0.481. The number of halogens is 2. The lowest BCUT2D eigenvalue weighted by Gasteiger charge is -2.01. The number of rotatable bonds is 3. The summed E-state index contributed by atoms with van der Waals surface area (Å²) in [5.74, 6) is 0. The van der Waals surface area contributed by atoms with Crippen molar-refractivity contribution < 1.29 is 4.74 Å². The van der Waals surface area contributed by atoms with Crippen molar-refractivity contribution in [3.63, 3.8) is 0 Å². The van der Waals surface area contributed by atoms with Crippen molar-refractivity contribution >= 4 is 23.2 Å². The SMILES string of the molecule is Clc1ccc(CCC2CO2)cc1Cl. The molecule has 2 rings (SSSR count). The summed E-state index contributed by atoms with van der Waals surface area (Å²) in [6.45, 7) is 0.918. The Morgan fingerprint density at radius 1 is 1.31 bits per heavy atom. The summed E-state index contributed by atoms with van der Waals surface area (Å²) in [5, 5.41) is 1.25. The molecule has 1 nitrogen and oxygen atoms in total. The molecule has 1 aliphatic heterocycles. The van der Waals surface area contributed by atoms with Gasteiger partial charge in [0.15, 0.2) is 0 Å². The standard InChI is InChI=1S/C10H10Cl2O/c11-9-4-2-7(5-10(9)12)1-3-8-6-13-8/h2,4-5,8H,1,3,6H2. The first-order chi connectivity index (χ1) is 6.25. The van der Waals surface area contributed by atoms with Gasteiger partial charge in [-0.15, -0.1) is 0 Å². The van der Waals surface area contributed by atoms with Crippen molar-refractivity contribution in [1.29, 1.82) is 0 Å². The van der Waals surface area contributed by atoms with E-state index in [1.807, 2.05) is 18.2 Å². The van der Waals surface area contributed by atoms with E-state index in [9.17, 15) is 0 Å². The number of ether oxygens (including phenoxy) is 1. The lowest BCUT2D eigenvalue weighted by Crippen LogP contribution is -1.90. The van der Waals surface area contributed by atoms with E-state index in [1.54, 1.807) is 0 Å². The molecular weight excluding hydrogens is 207 g/mol. The maximum Gasteiger partial charge on any atom is 0.0813 e. The normalized spacial score (nSPS) is 20.3. The third kappa shape index (κ3) is 2.60. The highest BCUT2D eigenvalue weighted by Gasteiger charge is 2.21. The van der Waals surface area contributed by atoms with Crippen LogP contribution in [0.1, 0.15) is 12.0 Å². The van der Waals surface area contributed by atoms with Crippen LogP contribution in [-0.2, 0) is 11.2 Å². The Kier molecular flexibility index (Phi) is 2.77. The highest BCUT2D eigenvalue weighted by Crippen LogP contribution is 2.24. The molecule has 1 saturated heterocycles. The molecule has 0 aliphatic carbocycles. The molecule has 1 heterocycles. The van der Waals surface area contributed by atoms with Crippen molar-refractivity contribution in [3.05, 3.63) is 33.8 Å². The Morgan fingerprint density at radius 3 is 2.69 bits per heavy atom. The van der Waals surface area contributed by atoms with Gasteiger partial charge in [0.2, 0.25) is 0 Å². The number of epoxide rings is 1. The van der Waals surface area contributed by atoms with Crippen LogP contribution in [0.4, 0.5) is 0 Å². The molecule has 1 aromatic rings. The van der Waals surface area contributed by atoms with Gasteiger partial charge in [-0.1, -0.05) is 29.3 Å². The molecule has 1 fully saturated rings. The van der Waals surface area contributed by atoms with E-state index in [1.165, 1.54) is 5.56 Å². The van der Waals surface area contributed by atoms with Gasteiger partial charge in [0, 0.05) is 0 Å². The average molecular weight is 217 g/mol. The molecule has 0 amide bonds. The molecule has 70 valence electrons. The molecular formula is C10H10Cl2O. The van der Waals surface area contributed by atoms with Crippen molar-refractivity contribution in [3.8, 4) is 0 Å². The number of aryl methyl sites for hydroxylation is 1. The van der Waals surface area contributed by atoms with Crippen molar-refractivity contribution in [2.45, 2.75) is 18.9 Å². The molecule has 0 aromatic heterocycles. The van der Waals surface area contributed by atoms with E-state index >= 15 is 0 Å². The topological polar surface area (TPSA) is 12.5 Å². The second-order valence-electron chi connectivity index (χ2n) is 3.24. The molecule has 3 heteroatoms. The van der Waals surface area contributed by atoms with Crippen molar-refractivity contribution in [1.82, 2.24) is 0 Å². The first-order valence-corrected chi connectivity index (χ1v) is 5.07. The fourth-order valence-corrected chi connectivity index (χ4v) is 1.58. The van der Waals surface area contributed by atoms with Gasteiger partial charge in [-0.2, -0.15) is 0 Å². The third-order valence-corrected chi connectivity index (χ3v) is 2.88. The summed E-state index contributed by atoms with van der Waals surface area (Å²) >= 11 is 11.7. The summed E-state index contributed by atoms with van der Waals surface area (Å²) in [5.41, 5.74) is 1.23. The molecule has 1 aliphatic rings. The quantitative estimate of drug-likeness (QED) is 0.707. The largest absolute Gasteiger partial charge is 0.373 e. The zero-order valence-electron chi connectivity index (χ0n) is 7.09. The molecule has 0 radical (unpaired) electrons. The van der Waals surface area contributed by atoms with Gasteiger partial charge >= 0.3 is 0 Å². The van der Waals surface area contributed by atoms with Crippen molar-refractivity contribution in [2.24, 2.45) is 0 Å². The second kappa shape index (κ2) is 3.87. The molecule has 0 saturated carbocycles.